The smallest absolute Gasteiger partial charge is 0.249 e. The Balaban J connectivity index is 1.13. The topological polar surface area (TPSA) is 135 Å². The summed E-state index contributed by atoms with van der Waals surface area (Å²) in [6.45, 7) is 22.4. The van der Waals surface area contributed by atoms with E-state index in [9.17, 15) is 10.1 Å². The Morgan fingerprint density at radius 3 is 2.26 bits per heavy atom. The number of aromatic nitrogens is 4. The van der Waals surface area contributed by atoms with Crippen LogP contribution in [-0.4, -0.2) is 49.2 Å². The predicted molar refractivity (Wildman–Crippen MR) is 211 cm³/mol. The number of benzene rings is 2. The van der Waals surface area contributed by atoms with Gasteiger partial charge < -0.3 is 20.7 Å². The Morgan fingerprint density at radius 1 is 1.06 bits per heavy atom. The summed E-state index contributed by atoms with van der Waals surface area (Å²) in [6.07, 6.45) is 10.7. The van der Waals surface area contributed by atoms with Gasteiger partial charge in [-0.3, -0.25) is 9.36 Å². The summed E-state index contributed by atoms with van der Waals surface area (Å²) in [4.78, 5) is 29.3. The molecule has 2 unspecified atom stereocenters. The maximum atomic E-state index is 14.0. The fourth-order valence-corrected chi connectivity index (χ4v) is 8.34. The van der Waals surface area contributed by atoms with Gasteiger partial charge in [0.15, 0.2) is 11.5 Å². The van der Waals surface area contributed by atoms with Gasteiger partial charge in [0.25, 0.3) is 0 Å². The van der Waals surface area contributed by atoms with Crippen molar-refractivity contribution in [3.8, 4) is 6.07 Å². The lowest BCUT2D eigenvalue weighted by atomic mass is 9.78. The number of hydrogen-bond acceptors (Lipinski definition) is 8. The minimum Gasteiger partial charge on any atom is -0.382 e. The van der Waals surface area contributed by atoms with Crippen LogP contribution in [0, 0.1) is 23.2 Å². The number of rotatable bonds is 13. The second kappa shape index (κ2) is 14.1. The van der Waals surface area contributed by atoms with Crippen LogP contribution in [0.4, 0.5) is 11.5 Å². The van der Waals surface area contributed by atoms with Crippen LogP contribution in [0.25, 0.3) is 11.2 Å². The standard InChI is InChI=1S/C43H54N8O2/c1-10-12-29-23-34(50-27-48-35-37(45)46-26-47-38(35)50)53-36(29)39(52)49-42(7,8)33-24-43(33,9)51(11-2)32-19-17-31(18-20-32)41(5,6)22-21-40(3,4)30-15-13-28(25-44)14-16-30/h10,13-22,26-27,29,33-34,36H,1,11-12,23-24H2,2-9H3,(H,49,52)(H2,45,46,47)/b22-21+/t29-,33?,34+,36-,43?/m0/s1. The molecule has 2 aromatic heterocycles. The van der Waals surface area contributed by atoms with Gasteiger partial charge in [0.05, 0.1) is 18.0 Å². The SMILES string of the molecule is C=CC[C@H]1C[C@H](n2cnc3c(N)ncnc32)O[C@@H]1C(=O)NC(C)(C)C1CC1(C)N(CC)c1ccc(C(C)(C)/C=C/C(C)(C)c2ccc(C#N)cc2)cc1. The Hall–Kier alpha value is -5.01. The molecular formula is C43H54N8O2. The molecule has 1 aliphatic heterocycles. The molecule has 278 valence electrons. The molecule has 2 fully saturated rings. The van der Waals surface area contributed by atoms with E-state index in [2.05, 4.69) is 130 Å². The average molecular weight is 715 g/mol. The zero-order valence-electron chi connectivity index (χ0n) is 32.4. The number of imidazole rings is 1. The van der Waals surface area contributed by atoms with Gasteiger partial charge in [0, 0.05) is 46.0 Å². The first-order chi connectivity index (χ1) is 25.0. The fourth-order valence-electron chi connectivity index (χ4n) is 8.34. The molecule has 10 heteroatoms. The monoisotopic (exact) mass is 714 g/mol. The number of fused-ring (bicyclic) bond motifs is 1. The van der Waals surface area contributed by atoms with Crippen molar-refractivity contribution in [2.24, 2.45) is 11.8 Å². The predicted octanol–water partition coefficient (Wildman–Crippen LogP) is 7.77. The maximum Gasteiger partial charge on any atom is 0.249 e. The van der Waals surface area contributed by atoms with Crippen LogP contribution >= 0.6 is 0 Å². The number of hydrogen-bond donors (Lipinski definition) is 2. The second-order valence-electron chi connectivity index (χ2n) is 16.7. The molecule has 2 aliphatic rings. The van der Waals surface area contributed by atoms with Gasteiger partial charge in [-0.2, -0.15) is 5.26 Å². The molecule has 0 radical (unpaired) electrons. The number of carbonyl (C=O) groups is 1. The highest BCUT2D eigenvalue weighted by Crippen LogP contribution is 2.55. The third kappa shape index (κ3) is 7.32. The van der Waals surface area contributed by atoms with Crippen molar-refractivity contribution >= 4 is 28.6 Å². The number of nitriles is 1. The Morgan fingerprint density at radius 2 is 1.68 bits per heavy atom. The van der Waals surface area contributed by atoms with Gasteiger partial charge in [-0.05, 0) is 82.3 Å². The van der Waals surface area contributed by atoms with Crippen LogP contribution in [0.15, 0.2) is 86.0 Å². The minimum absolute atomic E-state index is 0.0395. The van der Waals surface area contributed by atoms with Gasteiger partial charge in [0.1, 0.15) is 24.2 Å². The van der Waals surface area contributed by atoms with Crippen molar-refractivity contribution in [2.75, 3.05) is 17.2 Å². The first-order valence-corrected chi connectivity index (χ1v) is 18.6. The van der Waals surface area contributed by atoms with Crippen molar-refractivity contribution in [1.29, 1.82) is 5.26 Å². The highest BCUT2D eigenvalue weighted by Gasteiger charge is 2.61. The molecule has 3 N–H and O–H groups in total. The molecule has 3 heterocycles. The van der Waals surface area contributed by atoms with E-state index >= 15 is 0 Å². The molecule has 2 aromatic carbocycles. The number of nitrogen functional groups attached to an aromatic ring is 1. The number of carbonyl (C=O) groups excluding carboxylic acids is 1. The minimum atomic E-state index is -0.638. The highest BCUT2D eigenvalue weighted by atomic mass is 16.5. The van der Waals surface area contributed by atoms with Crippen molar-refractivity contribution in [2.45, 2.75) is 109 Å². The molecule has 1 saturated carbocycles. The van der Waals surface area contributed by atoms with E-state index in [1.165, 1.54) is 23.1 Å². The Labute approximate surface area is 314 Å². The zero-order chi connectivity index (χ0) is 38.3. The van der Waals surface area contributed by atoms with E-state index in [-0.39, 0.29) is 34.1 Å². The molecule has 1 amide bonds. The third-order valence-electron chi connectivity index (χ3n) is 11.7. The largest absolute Gasteiger partial charge is 0.382 e. The maximum absolute atomic E-state index is 14.0. The van der Waals surface area contributed by atoms with Gasteiger partial charge in [0.2, 0.25) is 5.91 Å². The number of nitrogens with zero attached hydrogens (tertiary/aromatic N) is 6. The normalized spacial score (nSPS) is 23.2. The molecule has 5 atom stereocenters. The van der Waals surface area contributed by atoms with Crippen LogP contribution < -0.4 is 16.0 Å². The van der Waals surface area contributed by atoms with Crippen LogP contribution in [0.2, 0.25) is 0 Å². The lowest BCUT2D eigenvalue weighted by molar-refractivity contribution is -0.137. The number of ether oxygens (including phenoxy) is 1. The van der Waals surface area contributed by atoms with E-state index in [0.717, 1.165) is 13.0 Å². The van der Waals surface area contributed by atoms with Gasteiger partial charge in [-0.1, -0.05) is 70.2 Å². The van der Waals surface area contributed by atoms with Crippen molar-refractivity contribution < 1.29 is 9.53 Å². The van der Waals surface area contributed by atoms with E-state index in [0.29, 0.717) is 35.4 Å². The van der Waals surface area contributed by atoms with E-state index < -0.39 is 17.9 Å². The summed E-state index contributed by atoms with van der Waals surface area (Å²) in [5.41, 5.74) is 10.4. The summed E-state index contributed by atoms with van der Waals surface area (Å²) in [5.74, 6) is 0.395. The molecule has 1 aliphatic carbocycles. The molecule has 0 spiro atoms. The van der Waals surface area contributed by atoms with Crippen LogP contribution in [-0.2, 0) is 20.4 Å². The third-order valence-corrected chi connectivity index (χ3v) is 11.7. The van der Waals surface area contributed by atoms with Crippen LogP contribution in [0.3, 0.4) is 0 Å². The second-order valence-corrected chi connectivity index (χ2v) is 16.7. The molecule has 10 nitrogen and oxygen atoms in total. The van der Waals surface area contributed by atoms with E-state index in [4.69, 9.17) is 10.5 Å². The Kier molecular flexibility index (Phi) is 10.0. The Bertz CT molecular complexity index is 2040. The number of allylic oxidation sites excluding steroid dienone is 3. The summed E-state index contributed by atoms with van der Waals surface area (Å²) in [7, 11) is 0. The average Bonchev–Trinajstić information content (AvgIpc) is 3.43. The van der Waals surface area contributed by atoms with Crippen molar-refractivity contribution in [3.63, 3.8) is 0 Å². The molecule has 0 bridgehead atoms. The molecule has 53 heavy (non-hydrogen) atoms. The number of nitrogens with two attached hydrogens (primary N) is 1. The number of amides is 1. The van der Waals surface area contributed by atoms with Crippen molar-refractivity contribution in [3.05, 3.63) is 103 Å². The van der Waals surface area contributed by atoms with Gasteiger partial charge >= 0.3 is 0 Å². The lowest BCUT2D eigenvalue weighted by Crippen LogP contribution is -2.53. The van der Waals surface area contributed by atoms with Crippen LogP contribution in [0.1, 0.15) is 97.6 Å². The first-order valence-electron chi connectivity index (χ1n) is 18.6. The first kappa shape index (κ1) is 37.7. The molecule has 6 rings (SSSR count). The summed E-state index contributed by atoms with van der Waals surface area (Å²) in [5, 5.41) is 12.6. The van der Waals surface area contributed by atoms with Gasteiger partial charge in [-0.25, -0.2) is 15.0 Å². The van der Waals surface area contributed by atoms with Crippen molar-refractivity contribution in [1.82, 2.24) is 24.8 Å². The highest BCUT2D eigenvalue weighted by molar-refractivity contribution is 5.83. The fraction of sp³-hybridized carbons (Fsp3) is 0.465. The lowest BCUT2D eigenvalue weighted by Gasteiger charge is -2.37. The van der Waals surface area contributed by atoms with E-state index in [1.54, 1.807) is 6.33 Å². The van der Waals surface area contributed by atoms with Crippen LogP contribution in [0.5, 0.6) is 0 Å². The zero-order valence-corrected chi connectivity index (χ0v) is 32.4. The summed E-state index contributed by atoms with van der Waals surface area (Å²) < 4.78 is 8.31. The number of anilines is 2. The quantitative estimate of drug-likeness (QED) is 0.134. The van der Waals surface area contributed by atoms with E-state index in [1.807, 2.05) is 34.9 Å². The summed E-state index contributed by atoms with van der Waals surface area (Å²) >= 11 is 0. The molecule has 4 aromatic rings. The number of nitrogens with one attached hydrogen (secondary N) is 1. The summed E-state index contributed by atoms with van der Waals surface area (Å²) in [6, 6.07) is 19.0. The van der Waals surface area contributed by atoms with Gasteiger partial charge in [-0.15, -0.1) is 6.58 Å². The molecule has 1 saturated heterocycles. The molecular weight excluding hydrogens is 661 g/mol.